The zero-order valence-corrected chi connectivity index (χ0v) is 25.1. The molecule has 0 fully saturated rings. The van der Waals surface area contributed by atoms with Crippen molar-refractivity contribution in [3.8, 4) is 0 Å². The average Bonchev–Trinajstić information content (AvgIpc) is 2.94. The van der Waals surface area contributed by atoms with Gasteiger partial charge in [-0.25, -0.2) is 5.92 Å². The van der Waals surface area contributed by atoms with Gasteiger partial charge in [0.25, 0.3) is 0 Å². The molecular formula is C36H62N2. The molecule has 3 rings (SSSR count). The highest BCUT2D eigenvalue weighted by Crippen LogP contribution is 2.18. The molecule has 3 heterocycles. The van der Waals surface area contributed by atoms with Crippen molar-refractivity contribution < 1.29 is 9.48 Å². The van der Waals surface area contributed by atoms with Crippen LogP contribution in [0.2, 0.25) is 0 Å². The minimum Gasteiger partial charge on any atom is -0.343 e. The molecule has 0 amide bonds. The van der Waals surface area contributed by atoms with Crippen LogP contribution in [0.3, 0.4) is 0 Å². The van der Waals surface area contributed by atoms with Gasteiger partial charge in [-0.15, -0.1) is 6.42 Å². The number of hydrogen-bond donors (Lipinski definition) is 1. The van der Waals surface area contributed by atoms with E-state index < -0.39 is 0 Å². The molecule has 0 saturated carbocycles. The molecule has 0 aromatic heterocycles. The monoisotopic (exact) mass is 522 g/mol. The number of quaternary nitrogens is 1. The van der Waals surface area contributed by atoms with E-state index in [0.717, 1.165) is 0 Å². The van der Waals surface area contributed by atoms with E-state index in [0.29, 0.717) is 0 Å². The van der Waals surface area contributed by atoms with Gasteiger partial charge in [-0.2, -0.15) is 0 Å². The summed E-state index contributed by atoms with van der Waals surface area (Å²) < 4.78 is 2.44. The van der Waals surface area contributed by atoms with Crippen LogP contribution in [-0.4, -0.2) is 30.4 Å². The van der Waals surface area contributed by atoms with E-state index in [1.54, 1.807) is 10.5 Å². The Bertz CT molecular complexity index is 700. The van der Waals surface area contributed by atoms with Gasteiger partial charge >= 0.3 is 0 Å². The molecule has 3 aliphatic rings. The van der Waals surface area contributed by atoms with Crippen molar-refractivity contribution in [1.29, 1.82) is 0 Å². The first kappa shape index (κ1) is 31.1. The van der Waals surface area contributed by atoms with Gasteiger partial charge in [0, 0.05) is 12.0 Å². The van der Waals surface area contributed by atoms with E-state index >= 15 is 0 Å². The van der Waals surface area contributed by atoms with Crippen molar-refractivity contribution in [1.82, 2.24) is 0 Å². The lowest BCUT2D eigenvalue weighted by atomic mass is 9.98. The Hall–Kier alpha value is -1.41. The molecule has 1 unspecified atom stereocenters. The van der Waals surface area contributed by atoms with Gasteiger partial charge in [0.15, 0.2) is 0 Å². The van der Waals surface area contributed by atoms with Crippen molar-refractivity contribution in [2.45, 2.75) is 154 Å². The van der Waals surface area contributed by atoms with Gasteiger partial charge in [0.05, 0.1) is 12.7 Å². The molecule has 0 radical (unpaired) electrons. The van der Waals surface area contributed by atoms with E-state index in [9.17, 15) is 0 Å². The summed E-state index contributed by atoms with van der Waals surface area (Å²) in [4.78, 5) is 1.69. The first-order valence-corrected chi connectivity index (χ1v) is 17.1. The molecule has 0 aromatic rings. The number of hydrogen-bond acceptors (Lipinski definition) is 0. The van der Waals surface area contributed by atoms with Gasteiger partial charge < -0.3 is 15.6 Å². The number of fused-ring (bicyclic) bond motifs is 2. The van der Waals surface area contributed by atoms with E-state index in [2.05, 4.69) is 47.8 Å². The van der Waals surface area contributed by atoms with Crippen LogP contribution in [0.25, 0.3) is 0 Å². The predicted octanol–water partition coefficient (Wildman–Crippen LogP) is 9.09. The molecule has 1 N–H and O–H groups in total. The summed E-state index contributed by atoms with van der Waals surface area (Å²) in [6.07, 6.45) is 48.2. The van der Waals surface area contributed by atoms with Crippen LogP contribution in [0.4, 0.5) is 0 Å². The summed E-state index contributed by atoms with van der Waals surface area (Å²) in [6, 6.07) is 0. The van der Waals surface area contributed by atoms with Crippen LogP contribution in [0.5, 0.6) is 0 Å². The summed E-state index contributed by atoms with van der Waals surface area (Å²) in [5, 5.41) is 0. The van der Waals surface area contributed by atoms with Gasteiger partial charge in [0.2, 0.25) is 0 Å². The lowest BCUT2D eigenvalue weighted by molar-refractivity contribution is -0.841. The van der Waals surface area contributed by atoms with Gasteiger partial charge in [0.1, 0.15) is 13.1 Å². The highest BCUT2D eigenvalue weighted by atomic mass is 15.1. The third-order valence-electron chi connectivity index (χ3n) is 8.87. The lowest BCUT2D eigenvalue weighted by Gasteiger charge is -2.28. The summed E-state index contributed by atoms with van der Waals surface area (Å²) in [7, 11) is 0. The SMILES string of the molecule is C1=C[C-]2C=[N+]([CH-]1)CCCCCCCCCCCCC1=C[NH+](CC=C1)CCCCCCCCCCCCCC2. The first-order valence-electron chi connectivity index (χ1n) is 17.1. The van der Waals surface area contributed by atoms with Crippen LogP contribution >= 0.6 is 0 Å². The van der Waals surface area contributed by atoms with Crippen LogP contribution in [0.1, 0.15) is 154 Å². The Morgan fingerprint density at radius 2 is 1.18 bits per heavy atom. The Morgan fingerprint density at radius 3 is 1.84 bits per heavy atom. The van der Waals surface area contributed by atoms with Crippen molar-refractivity contribution >= 4 is 6.21 Å². The fourth-order valence-electron chi connectivity index (χ4n) is 6.41. The summed E-state index contributed by atoms with van der Waals surface area (Å²) in [5.74, 6) is 1.54. The van der Waals surface area contributed by atoms with Crippen molar-refractivity contribution in [2.75, 3.05) is 19.6 Å². The highest BCUT2D eigenvalue weighted by molar-refractivity contribution is 5.74. The van der Waals surface area contributed by atoms with Crippen LogP contribution in [0.15, 0.2) is 36.1 Å². The molecule has 38 heavy (non-hydrogen) atoms. The third-order valence-corrected chi connectivity index (χ3v) is 8.87. The third kappa shape index (κ3) is 15.2. The lowest BCUT2D eigenvalue weighted by Crippen LogP contribution is -3.07. The smallest absolute Gasteiger partial charge is 0.123 e. The largest absolute Gasteiger partial charge is 0.343 e. The molecule has 0 aliphatic carbocycles. The number of nitrogens with zero attached hydrogens (tertiary/aromatic N) is 1. The second-order valence-corrected chi connectivity index (χ2v) is 12.5. The number of rotatable bonds is 0. The maximum Gasteiger partial charge on any atom is 0.123 e. The average molecular weight is 523 g/mol. The molecule has 0 saturated heterocycles. The van der Waals surface area contributed by atoms with E-state index in [1.165, 1.54) is 180 Å². The molecule has 1 atom stereocenters. The molecule has 3 aliphatic heterocycles. The second-order valence-electron chi connectivity index (χ2n) is 12.5. The fourth-order valence-corrected chi connectivity index (χ4v) is 6.41. The van der Waals surface area contributed by atoms with E-state index in [1.807, 2.05) is 0 Å². The molecule has 2 heteroatoms. The second kappa shape index (κ2) is 21.4. The van der Waals surface area contributed by atoms with Crippen molar-refractivity contribution in [2.24, 2.45) is 0 Å². The predicted molar refractivity (Wildman–Crippen MR) is 167 cm³/mol. The van der Waals surface area contributed by atoms with E-state index in [4.69, 9.17) is 0 Å². The Morgan fingerprint density at radius 1 is 0.632 bits per heavy atom. The number of nitrogens with one attached hydrogen (secondary N) is 1. The minimum absolute atomic E-state index is 1.19. The van der Waals surface area contributed by atoms with Gasteiger partial charge in [-0.3, -0.25) is 6.08 Å². The Balaban J connectivity index is 1.31. The van der Waals surface area contributed by atoms with Crippen molar-refractivity contribution in [3.63, 3.8) is 0 Å². The molecule has 2 nitrogen and oxygen atoms in total. The zero-order chi connectivity index (χ0) is 26.4. The maximum absolute atomic E-state index is 2.55. The van der Waals surface area contributed by atoms with Crippen LogP contribution in [-0.2, 0) is 0 Å². The van der Waals surface area contributed by atoms with Crippen LogP contribution in [0, 0.1) is 12.5 Å². The molecule has 0 spiro atoms. The summed E-state index contributed by atoms with van der Waals surface area (Å²) in [5.41, 5.74) is 1.60. The van der Waals surface area contributed by atoms with Gasteiger partial charge in [-0.05, 0) is 50.9 Å². The van der Waals surface area contributed by atoms with Crippen molar-refractivity contribution in [3.05, 3.63) is 48.5 Å². The Labute approximate surface area is 237 Å². The topological polar surface area (TPSA) is 7.45 Å². The summed E-state index contributed by atoms with van der Waals surface area (Å²) >= 11 is 0. The van der Waals surface area contributed by atoms with Crippen LogP contribution < -0.4 is 4.90 Å². The first-order chi connectivity index (χ1) is 18.9. The fraction of sp³-hybridized carbons (Fsp3) is 0.750. The molecule has 216 valence electrons. The zero-order valence-electron chi connectivity index (χ0n) is 25.1. The van der Waals surface area contributed by atoms with Gasteiger partial charge in [-0.1, -0.05) is 115 Å². The normalized spacial score (nSPS) is 25.7. The Kier molecular flexibility index (Phi) is 17.5. The quantitative estimate of drug-likeness (QED) is 0.240. The number of allylic oxidation sites excluding steroid dienone is 3. The standard InChI is InChI=1S/C36H61N2/c1-2-5-9-13-17-21-29-37-31-24-28-36(34-37)26-20-16-12-8-4-6-10-14-18-22-30-38-32-23-27-35(33-38)25-19-15-11-7-3-1/h23-24,27-28,32-34H,1-22,25-26,29-31H2/q-1/p+1. The molecule has 0 aromatic carbocycles. The summed E-state index contributed by atoms with van der Waals surface area (Å²) in [6.45, 7) is 6.00. The minimum atomic E-state index is 1.19. The van der Waals surface area contributed by atoms with E-state index in [-0.39, 0.29) is 0 Å². The molecule has 4 bridgehead atoms. The highest BCUT2D eigenvalue weighted by Gasteiger charge is 2.10. The molecular weight excluding hydrogens is 460 g/mol. The maximum atomic E-state index is 2.55.